The van der Waals surface area contributed by atoms with Crippen LogP contribution in [0.4, 0.5) is 0 Å². The van der Waals surface area contributed by atoms with E-state index in [-0.39, 0.29) is 18.2 Å². The van der Waals surface area contributed by atoms with Gasteiger partial charge in [0.25, 0.3) is 0 Å². The number of carbonyl (C=O) groups excluding carboxylic acids is 1. The molecule has 0 bridgehead atoms. The van der Waals surface area contributed by atoms with Crippen LogP contribution in [0.3, 0.4) is 0 Å². The first kappa shape index (κ1) is 15.0. The predicted molar refractivity (Wildman–Crippen MR) is 70.2 cm³/mol. The molecular weight excluding hydrogens is 230 g/mol. The van der Waals surface area contributed by atoms with Gasteiger partial charge in [-0.25, -0.2) is 0 Å². The van der Waals surface area contributed by atoms with Gasteiger partial charge in [-0.05, 0) is 31.6 Å². The Hall–Kier alpha value is -1.06. The van der Waals surface area contributed by atoms with Crippen molar-refractivity contribution in [3.63, 3.8) is 0 Å². The van der Waals surface area contributed by atoms with E-state index in [2.05, 4.69) is 6.92 Å². The first-order valence-electron chi connectivity index (χ1n) is 6.78. The minimum absolute atomic E-state index is 0.0134. The number of aliphatic carboxylic acids is 1. The quantitative estimate of drug-likeness (QED) is 0.839. The average Bonchev–Trinajstić information content (AvgIpc) is 2.29. The molecule has 1 atom stereocenters. The monoisotopic (exact) mass is 255 g/mol. The van der Waals surface area contributed by atoms with Crippen molar-refractivity contribution in [1.82, 2.24) is 4.90 Å². The zero-order chi connectivity index (χ0) is 13.9. The van der Waals surface area contributed by atoms with E-state index in [1.165, 1.54) is 0 Å². The van der Waals surface area contributed by atoms with E-state index in [9.17, 15) is 14.7 Å². The molecule has 0 aromatic rings. The Balaban J connectivity index is 2.65. The molecular formula is C14H25NO3. The smallest absolute Gasteiger partial charge is 0.310 e. The molecule has 0 spiro atoms. The van der Waals surface area contributed by atoms with Crippen LogP contribution in [0.25, 0.3) is 0 Å². The van der Waals surface area contributed by atoms with Crippen molar-refractivity contribution in [2.45, 2.75) is 47.0 Å². The second-order valence-corrected chi connectivity index (χ2v) is 6.12. The Labute approximate surface area is 109 Å². The summed E-state index contributed by atoms with van der Waals surface area (Å²) >= 11 is 0. The summed E-state index contributed by atoms with van der Waals surface area (Å²) in [6.07, 6.45) is 2.16. The summed E-state index contributed by atoms with van der Waals surface area (Å²) in [7, 11) is 0. The molecule has 1 unspecified atom stereocenters. The van der Waals surface area contributed by atoms with Gasteiger partial charge in [-0.2, -0.15) is 0 Å². The van der Waals surface area contributed by atoms with Crippen molar-refractivity contribution in [1.29, 1.82) is 0 Å². The Morgan fingerprint density at radius 2 is 1.83 bits per heavy atom. The van der Waals surface area contributed by atoms with Crippen LogP contribution in [0, 0.1) is 17.3 Å². The number of hydrogen-bond donors (Lipinski definition) is 1. The van der Waals surface area contributed by atoms with Crippen molar-refractivity contribution in [3.8, 4) is 0 Å². The highest BCUT2D eigenvalue weighted by atomic mass is 16.4. The SMILES string of the molecule is CC1CCN(C(=O)CC(C)(C(=O)O)C(C)C)CC1. The van der Waals surface area contributed by atoms with E-state index in [1.807, 2.05) is 18.7 Å². The molecule has 104 valence electrons. The lowest BCUT2D eigenvalue weighted by atomic mass is 9.76. The van der Waals surface area contributed by atoms with Gasteiger partial charge in [0.05, 0.1) is 5.41 Å². The first-order chi connectivity index (χ1) is 8.27. The fourth-order valence-corrected chi connectivity index (χ4v) is 2.21. The zero-order valence-electron chi connectivity index (χ0n) is 11.9. The highest BCUT2D eigenvalue weighted by molar-refractivity contribution is 5.85. The minimum Gasteiger partial charge on any atom is -0.481 e. The third kappa shape index (κ3) is 3.24. The van der Waals surface area contributed by atoms with Crippen LogP contribution in [0.15, 0.2) is 0 Å². The molecule has 0 aliphatic carbocycles. The summed E-state index contributed by atoms with van der Waals surface area (Å²) in [6, 6.07) is 0. The molecule has 1 N–H and O–H groups in total. The molecule has 4 heteroatoms. The lowest BCUT2D eigenvalue weighted by Crippen LogP contribution is -2.43. The van der Waals surface area contributed by atoms with Crippen LogP contribution in [0.1, 0.15) is 47.0 Å². The first-order valence-corrected chi connectivity index (χ1v) is 6.78. The number of piperidine rings is 1. The van der Waals surface area contributed by atoms with Crippen LogP contribution in [-0.4, -0.2) is 35.0 Å². The van der Waals surface area contributed by atoms with Crippen LogP contribution >= 0.6 is 0 Å². The van der Waals surface area contributed by atoms with Gasteiger partial charge in [0.1, 0.15) is 0 Å². The number of amides is 1. The molecule has 1 fully saturated rings. The summed E-state index contributed by atoms with van der Waals surface area (Å²) < 4.78 is 0. The Bertz CT molecular complexity index is 319. The third-order valence-electron chi connectivity index (χ3n) is 4.42. The van der Waals surface area contributed by atoms with Crippen molar-refractivity contribution in [2.24, 2.45) is 17.3 Å². The summed E-state index contributed by atoms with van der Waals surface area (Å²) in [5.74, 6) is -0.274. The molecule has 0 aromatic carbocycles. The van der Waals surface area contributed by atoms with Crippen molar-refractivity contribution < 1.29 is 14.7 Å². The lowest BCUT2D eigenvalue weighted by Gasteiger charge is -2.34. The topological polar surface area (TPSA) is 57.6 Å². The maximum Gasteiger partial charge on any atom is 0.310 e. The van der Waals surface area contributed by atoms with E-state index in [0.717, 1.165) is 25.9 Å². The maximum atomic E-state index is 12.2. The molecule has 0 saturated carbocycles. The van der Waals surface area contributed by atoms with Crippen LogP contribution < -0.4 is 0 Å². The number of carboxylic acids is 1. The summed E-state index contributed by atoms with van der Waals surface area (Å²) in [5, 5.41) is 9.32. The van der Waals surface area contributed by atoms with Crippen LogP contribution in [0.5, 0.6) is 0 Å². The summed E-state index contributed by atoms with van der Waals surface area (Å²) in [6.45, 7) is 9.13. The number of carboxylic acid groups (broad SMARTS) is 1. The second-order valence-electron chi connectivity index (χ2n) is 6.12. The van der Waals surface area contributed by atoms with Crippen LogP contribution in [0.2, 0.25) is 0 Å². The molecule has 1 rings (SSSR count). The van der Waals surface area contributed by atoms with Crippen LogP contribution in [-0.2, 0) is 9.59 Å². The van der Waals surface area contributed by atoms with Gasteiger partial charge in [-0.1, -0.05) is 20.8 Å². The van der Waals surface area contributed by atoms with E-state index in [0.29, 0.717) is 5.92 Å². The van der Waals surface area contributed by atoms with Crippen molar-refractivity contribution >= 4 is 11.9 Å². The molecule has 1 aliphatic rings. The highest BCUT2D eigenvalue weighted by Gasteiger charge is 2.40. The van der Waals surface area contributed by atoms with Gasteiger partial charge in [0, 0.05) is 19.5 Å². The average molecular weight is 255 g/mol. The lowest BCUT2D eigenvalue weighted by molar-refractivity contribution is -0.155. The summed E-state index contributed by atoms with van der Waals surface area (Å²) in [4.78, 5) is 25.4. The minimum atomic E-state index is -0.958. The largest absolute Gasteiger partial charge is 0.481 e. The normalized spacial score (nSPS) is 20.8. The number of nitrogens with zero attached hydrogens (tertiary/aromatic N) is 1. The van der Waals surface area contributed by atoms with E-state index in [1.54, 1.807) is 6.92 Å². The maximum absolute atomic E-state index is 12.2. The molecule has 1 aliphatic heterocycles. The molecule has 0 aromatic heterocycles. The highest BCUT2D eigenvalue weighted by Crippen LogP contribution is 2.32. The van der Waals surface area contributed by atoms with Crippen molar-refractivity contribution in [3.05, 3.63) is 0 Å². The Morgan fingerprint density at radius 1 is 1.33 bits per heavy atom. The molecule has 1 amide bonds. The van der Waals surface area contributed by atoms with Gasteiger partial charge in [-0.3, -0.25) is 9.59 Å². The van der Waals surface area contributed by atoms with Gasteiger partial charge in [-0.15, -0.1) is 0 Å². The summed E-state index contributed by atoms with van der Waals surface area (Å²) in [5.41, 5.74) is -0.958. The molecule has 18 heavy (non-hydrogen) atoms. The molecule has 0 radical (unpaired) electrons. The zero-order valence-corrected chi connectivity index (χ0v) is 11.9. The fourth-order valence-electron chi connectivity index (χ4n) is 2.21. The van der Waals surface area contributed by atoms with Gasteiger partial charge < -0.3 is 10.0 Å². The number of hydrogen-bond acceptors (Lipinski definition) is 2. The van der Waals surface area contributed by atoms with Crippen molar-refractivity contribution in [2.75, 3.05) is 13.1 Å². The van der Waals surface area contributed by atoms with E-state index in [4.69, 9.17) is 0 Å². The molecule has 1 heterocycles. The fraction of sp³-hybridized carbons (Fsp3) is 0.857. The van der Waals surface area contributed by atoms with Gasteiger partial charge in [0.2, 0.25) is 5.91 Å². The third-order valence-corrected chi connectivity index (χ3v) is 4.42. The number of likely N-dealkylation sites (tertiary alicyclic amines) is 1. The molecule has 4 nitrogen and oxygen atoms in total. The van der Waals surface area contributed by atoms with Gasteiger partial charge in [0.15, 0.2) is 0 Å². The number of rotatable bonds is 4. The standard InChI is InChI=1S/C14H25NO3/c1-10(2)14(4,13(17)18)9-12(16)15-7-5-11(3)6-8-15/h10-11H,5-9H2,1-4H3,(H,17,18). The van der Waals surface area contributed by atoms with Gasteiger partial charge >= 0.3 is 5.97 Å². The Kier molecular flexibility index (Phi) is 4.77. The van der Waals surface area contributed by atoms with E-state index < -0.39 is 11.4 Å². The molecule has 1 saturated heterocycles. The second kappa shape index (κ2) is 5.72. The predicted octanol–water partition coefficient (Wildman–Crippen LogP) is 2.38. The van der Waals surface area contributed by atoms with E-state index >= 15 is 0 Å². The Morgan fingerprint density at radius 3 is 2.22 bits per heavy atom. The number of carbonyl (C=O) groups is 2.